The molecule has 1 unspecified atom stereocenters. The SMILES string of the molecule is Cc1cc(C)cc(CC(C)NC(=O)C2CCC(C(=O)O)CC2)c1. The third-order valence-electron chi connectivity index (χ3n) is 4.66. The molecule has 1 atom stereocenters. The number of rotatable bonds is 5. The molecule has 1 saturated carbocycles. The Morgan fingerprint density at radius 2 is 1.61 bits per heavy atom. The maximum atomic E-state index is 12.4. The molecule has 2 rings (SSSR count). The molecule has 1 aromatic carbocycles. The average molecular weight is 317 g/mol. The van der Waals surface area contributed by atoms with Crippen LogP contribution in [0.1, 0.15) is 49.3 Å². The number of carboxylic acid groups (broad SMARTS) is 1. The van der Waals surface area contributed by atoms with Gasteiger partial charge in [-0.3, -0.25) is 9.59 Å². The van der Waals surface area contributed by atoms with Crippen LogP contribution in [0.4, 0.5) is 0 Å². The summed E-state index contributed by atoms with van der Waals surface area (Å²) >= 11 is 0. The Labute approximate surface area is 138 Å². The maximum absolute atomic E-state index is 12.4. The van der Waals surface area contributed by atoms with E-state index in [4.69, 9.17) is 5.11 Å². The summed E-state index contributed by atoms with van der Waals surface area (Å²) in [7, 11) is 0. The van der Waals surface area contributed by atoms with Gasteiger partial charge in [0.15, 0.2) is 0 Å². The van der Waals surface area contributed by atoms with E-state index in [9.17, 15) is 9.59 Å². The molecule has 1 fully saturated rings. The number of aliphatic carboxylic acids is 1. The van der Waals surface area contributed by atoms with Gasteiger partial charge >= 0.3 is 5.97 Å². The van der Waals surface area contributed by atoms with Gasteiger partial charge in [0.05, 0.1) is 5.92 Å². The van der Waals surface area contributed by atoms with Crippen molar-refractivity contribution >= 4 is 11.9 Å². The minimum absolute atomic E-state index is 0.0349. The standard InChI is InChI=1S/C19H27NO3/c1-12-8-13(2)10-15(9-12)11-14(3)20-18(21)16-4-6-17(7-5-16)19(22)23/h8-10,14,16-17H,4-7,11H2,1-3H3,(H,20,21)(H,22,23). The number of carboxylic acids is 1. The van der Waals surface area contributed by atoms with E-state index >= 15 is 0 Å². The molecular formula is C19H27NO3. The normalized spacial score (nSPS) is 22.4. The number of hydrogen-bond acceptors (Lipinski definition) is 2. The summed E-state index contributed by atoms with van der Waals surface area (Å²) in [6.07, 6.45) is 3.40. The molecule has 4 nitrogen and oxygen atoms in total. The van der Waals surface area contributed by atoms with Gasteiger partial charge in [-0.15, -0.1) is 0 Å². The molecule has 0 aliphatic heterocycles. The first-order valence-corrected chi connectivity index (χ1v) is 8.45. The lowest BCUT2D eigenvalue weighted by Gasteiger charge is -2.26. The molecular weight excluding hydrogens is 290 g/mol. The summed E-state index contributed by atoms with van der Waals surface area (Å²) < 4.78 is 0. The van der Waals surface area contributed by atoms with Crippen molar-refractivity contribution in [2.75, 3.05) is 0 Å². The Kier molecular flexibility index (Phi) is 5.80. The molecule has 1 aliphatic rings. The number of benzene rings is 1. The van der Waals surface area contributed by atoms with Gasteiger partial charge < -0.3 is 10.4 Å². The third kappa shape index (κ3) is 5.08. The number of carbonyl (C=O) groups excluding carboxylic acids is 1. The molecule has 2 N–H and O–H groups in total. The second-order valence-electron chi connectivity index (χ2n) is 7.00. The summed E-state index contributed by atoms with van der Waals surface area (Å²) in [5.74, 6) is -0.961. The first-order chi connectivity index (χ1) is 10.8. The molecule has 0 heterocycles. The maximum Gasteiger partial charge on any atom is 0.306 e. The molecule has 0 radical (unpaired) electrons. The smallest absolute Gasteiger partial charge is 0.306 e. The predicted octanol–water partition coefficient (Wildman–Crippen LogP) is 3.24. The van der Waals surface area contributed by atoms with Crippen LogP contribution in [-0.4, -0.2) is 23.0 Å². The van der Waals surface area contributed by atoms with Gasteiger partial charge in [0.25, 0.3) is 0 Å². The fourth-order valence-electron chi connectivity index (χ4n) is 3.55. The molecule has 4 heteroatoms. The van der Waals surface area contributed by atoms with Gasteiger partial charge in [0, 0.05) is 12.0 Å². The lowest BCUT2D eigenvalue weighted by atomic mass is 9.81. The van der Waals surface area contributed by atoms with Gasteiger partial charge in [-0.05, 0) is 58.4 Å². The Balaban J connectivity index is 1.84. The minimum Gasteiger partial charge on any atom is -0.481 e. The highest BCUT2D eigenvalue weighted by atomic mass is 16.4. The van der Waals surface area contributed by atoms with Crippen molar-refractivity contribution in [1.29, 1.82) is 0 Å². The largest absolute Gasteiger partial charge is 0.481 e. The predicted molar refractivity (Wildman–Crippen MR) is 90.3 cm³/mol. The van der Waals surface area contributed by atoms with Crippen molar-refractivity contribution in [2.45, 2.75) is 58.9 Å². The van der Waals surface area contributed by atoms with Crippen molar-refractivity contribution < 1.29 is 14.7 Å². The Bertz CT molecular complexity index is 554. The fraction of sp³-hybridized carbons (Fsp3) is 0.579. The van der Waals surface area contributed by atoms with Crippen LogP contribution in [0.2, 0.25) is 0 Å². The van der Waals surface area contributed by atoms with Gasteiger partial charge in [-0.2, -0.15) is 0 Å². The summed E-state index contributed by atoms with van der Waals surface area (Å²) in [6.45, 7) is 6.19. The third-order valence-corrected chi connectivity index (χ3v) is 4.66. The molecule has 0 bridgehead atoms. The second-order valence-corrected chi connectivity index (χ2v) is 7.00. The summed E-state index contributed by atoms with van der Waals surface area (Å²) in [4.78, 5) is 23.3. The number of aryl methyl sites for hydroxylation is 2. The highest BCUT2D eigenvalue weighted by Gasteiger charge is 2.30. The zero-order valence-electron chi connectivity index (χ0n) is 14.3. The minimum atomic E-state index is -0.730. The van der Waals surface area contributed by atoms with Crippen LogP contribution in [0.15, 0.2) is 18.2 Å². The van der Waals surface area contributed by atoms with E-state index in [1.807, 2.05) is 6.92 Å². The van der Waals surface area contributed by atoms with Gasteiger partial charge in [-0.25, -0.2) is 0 Å². The van der Waals surface area contributed by atoms with Crippen molar-refractivity contribution in [3.63, 3.8) is 0 Å². The quantitative estimate of drug-likeness (QED) is 0.876. The monoisotopic (exact) mass is 317 g/mol. The van der Waals surface area contributed by atoms with Crippen LogP contribution in [-0.2, 0) is 16.0 Å². The second kappa shape index (κ2) is 7.62. The fourth-order valence-corrected chi connectivity index (χ4v) is 3.55. The summed E-state index contributed by atoms with van der Waals surface area (Å²) in [5.41, 5.74) is 3.72. The molecule has 23 heavy (non-hydrogen) atoms. The molecule has 0 saturated heterocycles. The zero-order valence-corrected chi connectivity index (χ0v) is 14.3. The van der Waals surface area contributed by atoms with Crippen molar-refractivity contribution in [3.05, 3.63) is 34.9 Å². The van der Waals surface area contributed by atoms with Crippen molar-refractivity contribution in [2.24, 2.45) is 11.8 Å². The Morgan fingerprint density at radius 1 is 1.09 bits per heavy atom. The van der Waals surface area contributed by atoms with Crippen LogP contribution in [0.5, 0.6) is 0 Å². The van der Waals surface area contributed by atoms with E-state index in [1.165, 1.54) is 16.7 Å². The molecule has 1 aliphatic carbocycles. The lowest BCUT2D eigenvalue weighted by molar-refractivity contribution is -0.144. The Morgan fingerprint density at radius 3 is 2.13 bits per heavy atom. The number of amides is 1. The lowest BCUT2D eigenvalue weighted by Crippen LogP contribution is -2.40. The zero-order chi connectivity index (χ0) is 17.0. The van der Waals surface area contributed by atoms with Crippen LogP contribution >= 0.6 is 0 Å². The van der Waals surface area contributed by atoms with Crippen LogP contribution in [0.25, 0.3) is 0 Å². The molecule has 126 valence electrons. The number of nitrogens with one attached hydrogen (secondary N) is 1. The summed E-state index contributed by atoms with van der Waals surface area (Å²) in [5, 5.41) is 12.1. The van der Waals surface area contributed by atoms with Gasteiger partial charge in [0.2, 0.25) is 5.91 Å². The van der Waals surface area contributed by atoms with E-state index in [2.05, 4.69) is 37.4 Å². The average Bonchev–Trinajstić information content (AvgIpc) is 2.45. The molecule has 1 aromatic rings. The number of carbonyl (C=O) groups is 2. The molecule has 0 spiro atoms. The topological polar surface area (TPSA) is 66.4 Å². The van der Waals surface area contributed by atoms with Gasteiger partial charge in [-0.1, -0.05) is 29.3 Å². The first-order valence-electron chi connectivity index (χ1n) is 8.45. The van der Waals surface area contributed by atoms with Crippen LogP contribution in [0.3, 0.4) is 0 Å². The van der Waals surface area contributed by atoms with E-state index in [1.54, 1.807) is 0 Å². The van der Waals surface area contributed by atoms with E-state index in [-0.39, 0.29) is 23.8 Å². The van der Waals surface area contributed by atoms with Crippen molar-refractivity contribution in [3.8, 4) is 0 Å². The Hall–Kier alpha value is -1.84. The van der Waals surface area contributed by atoms with Gasteiger partial charge in [0.1, 0.15) is 0 Å². The highest BCUT2D eigenvalue weighted by Crippen LogP contribution is 2.29. The highest BCUT2D eigenvalue weighted by molar-refractivity contribution is 5.79. The van der Waals surface area contributed by atoms with Crippen LogP contribution < -0.4 is 5.32 Å². The van der Waals surface area contributed by atoms with Crippen molar-refractivity contribution in [1.82, 2.24) is 5.32 Å². The van der Waals surface area contributed by atoms with E-state index in [0.29, 0.717) is 25.7 Å². The van der Waals surface area contributed by atoms with E-state index in [0.717, 1.165) is 6.42 Å². The summed E-state index contributed by atoms with van der Waals surface area (Å²) in [6, 6.07) is 6.55. The number of hydrogen-bond donors (Lipinski definition) is 2. The van der Waals surface area contributed by atoms with E-state index < -0.39 is 5.97 Å². The molecule has 0 aromatic heterocycles. The molecule has 1 amide bonds. The first kappa shape index (κ1) is 17.5. The van der Waals surface area contributed by atoms with Crippen LogP contribution in [0, 0.1) is 25.7 Å².